The van der Waals surface area contributed by atoms with E-state index < -0.39 is 4.92 Å². The SMILES string of the molecule is O=C(COc1cccc([N+](=O)[O-])c1)Nc1ccccc1Sc1ccccc1. The number of hydrogen-bond donors (Lipinski definition) is 1. The van der Waals surface area contributed by atoms with E-state index in [9.17, 15) is 14.9 Å². The highest BCUT2D eigenvalue weighted by molar-refractivity contribution is 7.99. The van der Waals surface area contributed by atoms with Gasteiger partial charge in [-0.2, -0.15) is 0 Å². The van der Waals surface area contributed by atoms with Gasteiger partial charge in [0.15, 0.2) is 6.61 Å². The highest BCUT2D eigenvalue weighted by Crippen LogP contribution is 2.33. The summed E-state index contributed by atoms with van der Waals surface area (Å²) in [5.41, 5.74) is 0.594. The highest BCUT2D eigenvalue weighted by Gasteiger charge is 2.10. The molecule has 0 spiro atoms. The minimum absolute atomic E-state index is 0.0856. The Morgan fingerprint density at radius 3 is 2.52 bits per heavy atom. The number of hydrogen-bond acceptors (Lipinski definition) is 5. The van der Waals surface area contributed by atoms with Crippen molar-refractivity contribution in [3.05, 3.63) is 89.0 Å². The zero-order chi connectivity index (χ0) is 19.1. The number of amides is 1. The van der Waals surface area contributed by atoms with Gasteiger partial charge < -0.3 is 10.1 Å². The number of nitro groups is 1. The van der Waals surface area contributed by atoms with Crippen molar-refractivity contribution in [1.29, 1.82) is 0 Å². The number of para-hydroxylation sites is 1. The Bertz CT molecular complexity index is 947. The Morgan fingerprint density at radius 1 is 1.00 bits per heavy atom. The summed E-state index contributed by atoms with van der Waals surface area (Å²) in [7, 11) is 0. The Kier molecular flexibility index (Phi) is 6.06. The Balaban J connectivity index is 1.63. The monoisotopic (exact) mass is 380 g/mol. The van der Waals surface area contributed by atoms with E-state index in [1.807, 2.05) is 54.6 Å². The number of nitrogens with zero attached hydrogens (tertiary/aromatic N) is 1. The molecule has 0 aliphatic rings. The summed E-state index contributed by atoms with van der Waals surface area (Å²) in [6, 6.07) is 23.1. The fourth-order valence-electron chi connectivity index (χ4n) is 2.30. The largest absolute Gasteiger partial charge is 0.484 e. The van der Waals surface area contributed by atoms with Gasteiger partial charge in [0.2, 0.25) is 0 Å². The van der Waals surface area contributed by atoms with Gasteiger partial charge in [-0.15, -0.1) is 0 Å². The van der Waals surface area contributed by atoms with Gasteiger partial charge in [-0.1, -0.05) is 48.2 Å². The number of anilines is 1. The molecule has 0 radical (unpaired) electrons. The van der Waals surface area contributed by atoms with Crippen molar-refractivity contribution in [2.45, 2.75) is 9.79 Å². The third kappa shape index (κ3) is 5.32. The predicted molar refractivity (Wildman–Crippen MR) is 104 cm³/mol. The first-order valence-corrected chi connectivity index (χ1v) is 8.92. The molecule has 136 valence electrons. The molecule has 6 nitrogen and oxygen atoms in total. The zero-order valence-electron chi connectivity index (χ0n) is 14.2. The molecule has 0 aromatic heterocycles. The van der Waals surface area contributed by atoms with E-state index in [-0.39, 0.29) is 24.0 Å². The molecule has 0 bridgehead atoms. The van der Waals surface area contributed by atoms with E-state index in [0.717, 1.165) is 9.79 Å². The van der Waals surface area contributed by atoms with Crippen LogP contribution in [0.5, 0.6) is 5.75 Å². The molecule has 3 aromatic rings. The van der Waals surface area contributed by atoms with Crippen LogP contribution in [0.2, 0.25) is 0 Å². The van der Waals surface area contributed by atoms with Gasteiger partial charge >= 0.3 is 0 Å². The lowest BCUT2D eigenvalue weighted by Gasteiger charge is -2.11. The molecule has 0 fully saturated rings. The number of benzene rings is 3. The second kappa shape index (κ2) is 8.86. The van der Waals surface area contributed by atoms with Crippen LogP contribution in [0, 0.1) is 10.1 Å². The van der Waals surface area contributed by atoms with Crippen LogP contribution in [0.4, 0.5) is 11.4 Å². The lowest BCUT2D eigenvalue weighted by atomic mass is 10.3. The van der Waals surface area contributed by atoms with E-state index in [1.165, 1.54) is 18.2 Å². The molecular formula is C20H16N2O4S. The first-order chi connectivity index (χ1) is 13.1. The number of nitro benzene ring substituents is 1. The molecule has 27 heavy (non-hydrogen) atoms. The number of carbonyl (C=O) groups excluding carboxylic acids is 1. The molecule has 3 aromatic carbocycles. The summed E-state index contributed by atoms with van der Waals surface area (Å²) >= 11 is 1.55. The molecule has 0 heterocycles. The van der Waals surface area contributed by atoms with Crippen molar-refractivity contribution >= 4 is 29.0 Å². The van der Waals surface area contributed by atoms with Crippen LogP contribution >= 0.6 is 11.8 Å². The van der Waals surface area contributed by atoms with Crippen LogP contribution in [-0.2, 0) is 4.79 Å². The van der Waals surface area contributed by atoms with Gasteiger partial charge in [0.25, 0.3) is 11.6 Å². The van der Waals surface area contributed by atoms with Gasteiger partial charge in [-0.3, -0.25) is 14.9 Å². The number of rotatable bonds is 7. The van der Waals surface area contributed by atoms with E-state index in [0.29, 0.717) is 5.69 Å². The lowest BCUT2D eigenvalue weighted by Crippen LogP contribution is -2.20. The summed E-state index contributed by atoms with van der Waals surface area (Å²) < 4.78 is 5.37. The summed E-state index contributed by atoms with van der Waals surface area (Å²) in [4.78, 5) is 24.5. The van der Waals surface area contributed by atoms with Crippen LogP contribution in [0.3, 0.4) is 0 Å². The average Bonchev–Trinajstić information content (AvgIpc) is 2.69. The summed E-state index contributed by atoms with van der Waals surface area (Å²) in [6.07, 6.45) is 0. The molecule has 0 atom stereocenters. The number of carbonyl (C=O) groups is 1. The van der Waals surface area contributed by atoms with E-state index in [2.05, 4.69) is 5.32 Å². The van der Waals surface area contributed by atoms with Gasteiger partial charge in [0.1, 0.15) is 5.75 Å². The normalized spacial score (nSPS) is 10.2. The molecule has 1 amide bonds. The van der Waals surface area contributed by atoms with E-state index >= 15 is 0 Å². The molecule has 3 rings (SSSR count). The van der Waals surface area contributed by atoms with Crippen LogP contribution in [-0.4, -0.2) is 17.4 Å². The van der Waals surface area contributed by atoms with Gasteiger partial charge in [-0.25, -0.2) is 0 Å². The van der Waals surface area contributed by atoms with Gasteiger partial charge in [0, 0.05) is 15.9 Å². The Morgan fingerprint density at radius 2 is 1.74 bits per heavy atom. The quantitative estimate of drug-likeness (QED) is 0.472. The van der Waals surface area contributed by atoms with Crippen molar-refractivity contribution in [2.75, 3.05) is 11.9 Å². The van der Waals surface area contributed by atoms with Gasteiger partial charge in [0.05, 0.1) is 16.7 Å². The highest BCUT2D eigenvalue weighted by atomic mass is 32.2. The summed E-state index contributed by atoms with van der Waals surface area (Å²) in [6.45, 7) is -0.245. The minimum Gasteiger partial charge on any atom is -0.484 e. The first kappa shape index (κ1) is 18.5. The maximum absolute atomic E-state index is 12.2. The van der Waals surface area contributed by atoms with Crippen molar-refractivity contribution in [3.63, 3.8) is 0 Å². The third-order valence-corrected chi connectivity index (χ3v) is 4.61. The minimum atomic E-state index is -0.510. The van der Waals surface area contributed by atoms with Crippen LogP contribution < -0.4 is 10.1 Å². The Labute approximate surface area is 160 Å². The van der Waals surface area contributed by atoms with Crippen molar-refractivity contribution < 1.29 is 14.5 Å². The zero-order valence-corrected chi connectivity index (χ0v) is 15.0. The van der Waals surface area contributed by atoms with Gasteiger partial charge in [-0.05, 0) is 30.3 Å². The molecule has 1 N–H and O–H groups in total. The van der Waals surface area contributed by atoms with Crippen molar-refractivity contribution in [1.82, 2.24) is 0 Å². The molecule has 0 unspecified atom stereocenters. The summed E-state index contributed by atoms with van der Waals surface area (Å²) in [5.74, 6) is -0.0751. The topological polar surface area (TPSA) is 81.5 Å². The average molecular weight is 380 g/mol. The molecule has 7 heteroatoms. The maximum Gasteiger partial charge on any atom is 0.273 e. The second-order valence-corrected chi connectivity index (χ2v) is 6.62. The fraction of sp³-hybridized carbons (Fsp3) is 0.0500. The van der Waals surface area contributed by atoms with E-state index in [1.54, 1.807) is 17.8 Å². The predicted octanol–water partition coefficient (Wildman–Crippen LogP) is 4.76. The van der Waals surface area contributed by atoms with E-state index in [4.69, 9.17) is 4.74 Å². The first-order valence-electron chi connectivity index (χ1n) is 8.11. The standard InChI is InChI=1S/C20H16N2O4S/c23-20(14-26-16-8-6-7-15(13-16)22(24)25)21-18-11-4-5-12-19(18)27-17-9-2-1-3-10-17/h1-13H,14H2,(H,21,23). The maximum atomic E-state index is 12.2. The lowest BCUT2D eigenvalue weighted by molar-refractivity contribution is -0.384. The molecule has 0 aliphatic carbocycles. The number of non-ortho nitro benzene ring substituents is 1. The molecule has 0 saturated heterocycles. The molecule has 0 saturated carbocycles. The third-order valence-electron chi connectivity index (χ3n) is 3.53. The van der Waals surface area contributed by atoms with Crippen LogP contribution in [0.1, 0.15) is 0 Å². The van der Waals surface area contributed by atoms with Crippen molar-refractivity contribution in [3.8, 4) is 5.75 Å². The number of ether oxygens (including phenoxy) is 1. The van der Waals surface area contributed by atoms with Crippen LogP contribution in [0.25, 0.3) is 0 Å². The smallest absolute Gasteiger partial charge is 0.273 e. The second-order valence-electron chi connectivity index (χ2n) is 5.50. The molecule has 0 aliphatic heterocycles. The summed E-state index contributed by atoms with van der Waals surface area (Å²) in [5, 5.41) is 13.6. The van der Waals surface area contributed by atoms with Crippen LogP contribution in [0.15, 0.2) is 88.7 Å². The Hall–Kier alpha value is -3.32. The van der Waals surface area contributed by atoms with Crippen molar-refractivity contribution in [2.24, 2.45) is 0 Å². The fourth-order valence-corrected chi connectivity index (χ4v) is 3.22. The molecular weight excluding hydrogens is 364 g/mol. The number of nitrogens with one attached hydrogen (secondary N) is 1.